The second kappa shape index (κ2) is 6.01. The van der Waals surface area contributed by atoms with Crippen molar-refractivity contribution in [3.05, 3.63) is 58.7 Å². The predicted octanol–water partition coefficient (Wildman–Crippen LogP) is 4.39. The van der Waals surface area contributed by atoms with Gasteiger partial charge in [0.15, 0.2) is 46.5 Å². The zero-order valence-electron chi connectivity index (χ0n) is 10.0. The Kier molecular flexibility index (Phi) is 4.63. The summed E-state index contributed by atoms with van der Waals surface area (Å²) >= 11 is 5.61. The van der Waals surface area contributed by atoms with E-state index in [1.54, 1.807) is 0 Å². The first-order valence-electron chi connectivity index (χ1n) is 5.28. The summed E-state index contributed by atoms with van der Waals surface area (Å²) in [6.07, 6.45) is 0. The maximum atomic E-state index is 13.6. The topological polar surface area (TPSA) is 0 Å². The number of hydrogen-bond donors (Lipinski definition) is 0. The standard InChI is InChI=1S/C12H2ClF8P/c13-22(5-1-3(14)7(16)11(20)9(5)18)6-2-4(15)8(17)12(21)10(6)19/h1-2H. The maximum absolute atomic E-state index is 13.6. The Morgan fingerprint density at radius 2 is 0.864 bits per heavy atom. The highest BCUT2D eigenvalue weighted by molar-refractivity contribution is 7.95. The van der Waals surface area contributed by atoms with E-state index in [9.17, 15) is 35.1 Å². The van der Waals surface area contributed by atoms with Crippen molar-refractivity contribution >= 4 is 29.1 Å². The highest BCUT2D eigenvalue weighted by Gasteiger charge is 2.29. The molecule has 0 aliphatic carbocycles. The Hall–Kier alpha value is -1.40. The molecule has 2 aromatic rings. The average molecular weight is 365 g/mol. The Morgan fingerprint density at radius 3 is 1.18 bits per heavy atom. The van der Waals surface area contributed by atoms with E-state index in [1.807, 2.05) is 0 Å². The van der Waals surface area contributed by atoms with Gasteiger partial charge in [0.2, 0.25) is 0 Å². The van der Waals surface area contributed by atoms with Gasteiger partial charge in [0.1, 0.15) is 0 Å². The van der Waals surface area contributed by atoms with Crippen LogP contribution >= 0.6 is 18.5 Å². The van der Waals surface area contributed by atoms with E-state index in [1.165, 1.54) is 0 Å². The van der Waals surface area contributed by atoms with Crippen molar-refractivity contribution in [2.45, 2.75) is 0 Å². The van der Waals surface area contributed by atoms with Crippen LogP contribution in [0.25, 0.3) is 0 Å². The lowest BCUT2D eigenvalue weighted by Gasteiger charge is -2.14. The van der Waals surface area contributed by atoms with Crippen LogP contribution in [0.1, 0.15) is 0 Å². The van der Waals surface area contributed by atoms with Crippen molar-refractivity contribution in [1.29, 1.82) is 0 Å². The molecule has 0 atom stereocenters. The fourth-order valence-corrected chi connectivity index (χ4v) is 3.53. The number of halogens is 9. The van der Waals surface area contributed by atoms with Gasteiger partial charge >= 0.3 is 0 Å². The molecule has 0 saturated carbocycles. The quantitative estimate of drug-likeness (QED) is 0.321. The van der Waals surface area contributed by atoms with E-state index in [-0.39, 0.29) is 12.1 Å². The van der Waals surface area contributed by atoms with Crippen LogP contribution in [-0.2, 0) is 0 Å². The SMILES string of the molecule is Fc1cc(P(Cl)c2cc(F)c(F)c(F)c2F)c(F)c(F)c1F. The van der Waals surface area contributed by atoms with Crippen molar-refractivity contribution in [2.75, 3.05) is 0 Å². The highest BCUT2D eigenvalue weighted by Crippen LogP contribution is 2.42. The first-order valence-corrected chi connectivity index (χ1v) is 7.53. The molecule has 0 aliphatic rings. The van der Waals surface area contributed by atoms with E-state index in [2.05, 4.69) is 0 Å². The van der Waals surface area contributed by atoms with Crippen LogP contribution in [0.2, 0.25) is 0 Å². The first kappa shape index (κ1) is 17.0. The van der Waals surface area contributed by atoms with E-state index in [0.29, 0.717) is 0 Å². The monoisotopic (exact) mass is 364 g/mol. The van der Waals surface area contributed by atoms with Crippen molar-refractivity contribution in [3.63, 3.8) is 0 Å². The minimum atomic E-state index is -2.87. The van der Waals surface area contributed by atoms with Crippen LogP contribution in [0, 0.1) is 46.5 Å². The Morgan fingerprint density at radius 1 is 0.545 bits per heavy atom. The molecule has 0 spiro atoms. The van der Waals surface area contributed by atoms with Crippen molar-refractivity contribution < 1.29 is 35.1 Å². The summed E-state index contributed by atoms with van der Waals surface area (Å²) in [4.78, 5) is 0. The largest absolute Gasteiger partial charge is 0.204 e. The average Bonchev–Trinajstić information content (AvgIpc) is 2.49. The molecule has 0 radical (unpaired) electrons. The third-order valence-electron chi connectivity index (χ3n) is 2.59. The van der Waals surface area contributed by atoms with Gasteiger partial charge in [-0.2, -0.15) is 0 Å². The fourth-order valence-electron chi connectivity index (χ4n) is 1.54. The summed E-state index contributed by atoms with van der Waals surface area (Å²) in [5.74, 6) is -16.2. The second-order valence-electron chi connectivity index (χ2n) is 3.92. The Bertz CT molecular complexity index is 700. The number of hydrogen-bond acceptors (Lipinski definition) is 0. The molecule has 0 saturated heterocycles. The molecule has 2 rings (SSSR count). The van der Waals surface area contributed by atoms with Gasteiger partial charge in [0, 0.05) is 10.6 Å². The first-order chi connectivity index (χ1) is 10.2. The van der Waals surface area contributed by atoms with Crippen molar-refractivity contribution in [1.82, 2.24) is 0 Å². The summed E-state index contributed by atoms with van der Waals surface area (Å²) in [5.41, 5.74) is 0. The molecular weight excluding hydrogens is 363 g/mol. The molecule has 0 aromatic heterocycles. The fraction of sp³-hybridized carbons (Fsp3) is 0. The molecule has 0 amide bonds. The summed E-state index contributed by atoms with van der Waals surface area (Å²) in [6, 6.07) is 0.260. The lowest BCUT2D eigenvalue weighted by Crippen LogP contribution is -2.20. The van der Waals surface area contributed by atoms with Crippen LogP contribution in [0.3, 0.4) is 0 Å². The smallest absolute Gasteiger partial charge is 0.198 e. The highest BCUT2D eigenvalue weighted by atomic mass is 35.7. The van der Waals surface area contributed by atoms with Gasteiger partial charge in [-0.25, -0.2) is 35.1 Å². The molecule has 22 heavy (non-hydrogen) atoms. The van der Waals surface area contributed by atoms with Gasteiger partial charge < -0.3 is 0 Å². The second-order valence-corrected chi connectivity index (χ2v) is 6.46. The van der Waals surface area contributed by atoms with Crippen molar-refractivity contribution in [3.8, 4) is 0 Å². The molecule has 0 aliphatic heterocycles. The molecule has 2 aromatic carbocycles. The molecule has 0 bridgehead atoms. The van der Waals surface area contributed by atoms with Gasteiger partial charge in [-0.1, -0.05) is 11.2 Å². The molecule has 0 N–H and O–H groups in total. The molecule has 118 valence electrons. The predicted molar refractivity (Wildman–Crippen MR) is 64.6 cm³/mol. The van der Waals surface area contributed by atoms with Crippen LogP contribution in [-0.4, -0.2) is 0 Å². The van der Waals surface area contributed by atoms with E-state index in [4.69, 9.17) is 11.2 Å². The summed E-state index contributed by atoms with van der Waals surface area (Å²) in [6.45, 7) is 0. The third kappa shape index (κ3) is 2.65. The normalized spacial score (nSPS) is 11.4. The molecule has 0 fully saturated rings. The van der Waals surface area contributed by atoms with Gasteiger partial charge in [0.25, 0.3) is 0 Å². The lowest BCUT2D eigenvalue weighted by molar-refractivity contribution is 0.412. The number of benzene rings is 2. The minimum Gasteiger partial charge on any atom is -0.204 e. The Balaban J connectivity index is 2.66. The molecule has 10 heteroatoms. The zero-order valence-corrected chi connectivity index (χ0v) is 11.7. The molecule has 0 unspecified atom stereocenters. The van der Waals surface area contributed by atoms with Crippen LogP contribution in [0.4, 0.5) is 35.1 Å². The van der Waals surface area contributed by atoms with E-state index in [0.717, 1.165) is 0 Å². The van der Waals surface area contributed by atoms with Crippen LogP contribution in [0.15, 0.2) is 12.1 Å². The van der Waals surface area contributed by atoms with Gasteiger partial charge in [-0.3, -0.25) is 0 Å². The summed E-state index contributed by atoms with van der Waals surface area (Å²) < 4.78 is 105. The van der Waals surface area contributed by atoms with Crippen LogP contribution in [0.5, 0.6) is 0 Å². The molecule has 0 heterocycles. The van der Waals surface area contributed by atoms with E-state index < -0.39 is 64.4 Å². The number of rotatable bonds is 2. The van der Waals surface area contributed by atoms with Gasteiger partial charge in [0.05, 0.1) is 7.27 Å². The van der Waals surface area contributed by atoms with Crippen molar-refractivity contribution in [2.24, 2.45) is 0 Å². The molecular formula is C12H2ClF8P. The zero-order chi connectivity index (χ0) is 16.8. The van der Waals surface area contributed by atoms with Crippen LogP contribution < -0.4 is 10.6 Å². The maximum Gasteiger partial charge on any atom is 0.198 e. The lowest BCUT2D eigenvalue weighted by atomic mass is 10.3. The third-order valence-corrected chi connectivity index (χ3v) is 5.18. The van der Waals surface area contributed by atoms with E-state index >= 15 is 0 Å². The summed E-state index contributed by atoms with van der Waals surface area (Å²) in [5, 5.41) is -2.09. The molecule has 0 nitrogen and oxygen atoms in total. The van der Waals surface area contributed by atoms with Gasteiger partial charge in [-0.05, 0) is 12.1 Å². The Labute approximate surface area is 123 Å². The summed E-state index contributed by atoms with van der Waals surface area (Å²) in [7, 11) is -2.87. The minimum absolute atomic E-state index is 0.130. The van der Waals surface area contributed by atoms with Gasteiger partial charge in [-0.15, -0.1) is 0 Å².